The number of rotatable bonds is 2. The smallest absolute Gasteiger partial charge is 0.346 e. The van der Waals surface area contributed by atoms with Gasteiger partial charge in [-0.1, -0.05) is 18.2 Å². The van der Waals surface area contributed by atoms with E-state index in [1.54, 1.807) is 6.07 Å². The molecule has 0 unspecified atom stereocenters. The molecule has 2 aromatic rings. The van der Waals surface area contributed by atoms with E-state index in [2.05, 4.69) is 32.7 Å². The van der Waals surface area contributed by atoms with E-state index in [0.717, 1.165) is 5.39 Å². The molecule has 0 fully saturated rings. The van der Waals surface area contributed by atoms with Crippen LogP contribution in [0, 0.1) is 0 Å². The van der Waals surface area contributed by atoms with Gasteiger partial charge in [0, 0.05) is 5.39 Å². The maximum Gasteiger partial charge on any atom is 0.346 e. The molecule has 4 N–H and O–H groups in total. The maximum atomic E-state index is 11.3. The van der Waals surface area contributed by atoms with Crippen LogP contribution in [0.1, 0.15) is 5.69 Å². The number of fused-ring (bicyclic) bond motifs is 1. The van der Waals surface area contributed by atoms with Gasteiger partial charge < -0.3 is 10.7 Å². The average Bonchev–Trinajstić information content (AvgIpc) is 2.28. The number of H-pyrrole nitrogens is 1. The quantitative estimate of drug-likeness (QED) is 0.397. The Labute approximate surface area is 102 Å². The minimum atomic E-state index is -0.430. The lowest BCUT2D eigenvalue weighted by atomic mass is 10.2. The van der Waals surface area contributed by atoms with E-state index < -0.39 is 5.69 Å². The van der Waals surface area contributed by atoms with Gasteiger partial charge >= 0.3 is 5.69 Å². The number of hydrogen-bond donors (Lipinski definition) is 3. The van der Waals surface area contributed by atoms with Crippen LogP contribution < -0.4 is 16.8 Å². The molecule has 0 radical (unpaired) electrons. The molecule has 1 heterocycles. The molecule has 86 valence electrons. The largest absolute Gasteiger partial charge is 0.375 e. The van der Waals surface area contributed by atoms with Gasteiger partial charge in [0.15, 0.2) is 5.11 Å². The summed E-state index contributed by atoms with van der Waals surface area (Å²) in [6.45, 7) is 0. The van der Waals surface area contributed by atoms with Crippen LogP contribution in [0.25, 0.3) is 10.9 Å². The molecule has 0 saturated carbocycles. The first-order chi connectivity index (χ1) is 8.16. The molecule has 7 heteroatoms. The van der Waals surface area contributed by atoms with E-state index in [9.17, 15) is 4.79 Å². The zero-order valence-electron chi connectivity index (χ0n) is 8.68. The second-order valence-electron chi connectivity index (χ2n) is 3.21. The van der Waals surface area contributed by atoms with Crippen LogP contribution >= 0.6 is 12.2 Å². The highest BCUT2D eigenvalue weighted by Gasteiger charge is 2.01. The summed E-state index contributed by atoms with van der Waals surface area (Å²) >= 11 is 4.60. The van der Waals surface area contributed by atoms with Crippen molar-refractivity contribution in [1.29, 1.82) is 0 Å². The van der Waals surface area contributed by atoms with Crippen LogP contribution in [0.4, 0.5) is 0 Å². The predicted molar refractivity (Wildman–Crippen MR) is 69.9 cm³/mol. The number of para-hydroxylation sites is 1. The van der Waals surface area contributed by atoms with E-state index in [1.807, 2.05) is 18.2 Å². The highest BCUT2D eigenvalue weighted by molar-refractivity contribution is 7.80. The summed E-state index contributed by atoms with van der Waals surface area (Å²) in [5, 5.41) is 4.64. The topological polar surface area (TPSA) is 96.2 Å². The van der Waals surface area contributed by atoms with Crippen LogP contribution in [-0.2, 0) is 0 Å². The average molecular weight is 247 g/mol. The lowest BCUT2D eigenvalue weighted by molar-refractivity contribution is 1.03. The number of aromatic nitrogens is 2. The van der Waals surface area contributed by atoms with Gasteiger partial charge in [-0.25, -0.2) is 4.79 Å². The fraction of sp³-hybridized carbons (Fsp3) is 0. The Morgan fingerprint density at radius 2 is 2.29 bits per heavy atom. The second-order valence-corrected chi connectivity index (χ2v) is 3.65. The van der Waals surface area contributed by atoms with Gasteiger partial charge in [0.25, 0.3) is 0 Å². The molecular formula is C10H9N5OS. The molecule has 0 bridgehead atoms. The van der Waals surface area contributed by atoms with Crippen LogP contribution in [0.2, 0.25) is 0 Å². The Bertz CT molecular complexity index is 648. The Morgan fingerprint density at radius 3 is 3.06 bits per heavy atom. The first kappa shape index (κ1) is 11.2. The van der Waals surface area contributed by atoms with E-state index >= 15 is 0 Å². The van der Waals surface area contributed by atoms with Gasteiger partial charge in [-0.2, -0.15) is 10.1 Å². The number of nitrogens with two attached hydrogens (primary N) is 1. The lowest BCUT2D eigenvalue weighted by Crippen LogP contribution is -2.24. The molecule has 0 amide bonds. The third-order valence-corrected chi connectivity index (χ3v) is 2.12. The monoisotopic (exact) mass is 247 g/mol. The minimum Gasteiger partial charge on any atom is -0.375 e. The number of hydrogen-bond acceptors (Lipinski definition) is 4. The number of hydrazone groups is 1. The fourth-order valence-corrected chi connectivity index (χ4v) is 1.43. The minimum absolute atomic E-state index is 0.0574. The Kier molecular flexibility index (Phi) is 3.10. The number of benzene rings is 1. The molecule has 0 spiro atoms. The summed E-state index contributed by atoms with van der Waals surface area (Å²) in [5.41, 5.74) is 8.36. The standard InChI is InChI=1S/C10H9N5OS/c11-9(17)15-12-5-8-6-3-1-2-4-7(6)13-10(16)14-8/h1-5H,(H3,11,15,17)(H,13,14,16)/b12-5+. The fourth-order valence-electron chi connectivity index (χ4n) is 1.38. The van der Waals surface area contributed by atoms with Gasteiger partial charge in [-0.05, 0) is 18.3 Å². The van der Waals surface area contributed by atoms with Crippen molar-refractivity contribution in [1.82, 2.24) is 15.4 Å². The summed E-state index contributed by atoms with van der Waals surface area (Å²) in [4.78, 5) is 17.7. The normalized spacial score (nSPS) is 10.8. The lowest BCUT2D eigenvalue weighted by Gasteiger charge is -2.00. The Morgan fingerprint density at radius 1 is 1.53 bits per heavy atom. The SMILES string of the molecule is NC(=S)N/N=C/c1[nH]c(=O)nc2ccccc12. The van der Waals surface area contributed by atoms with Gasteiger partial charge in [0.2, 0.25) is 0 Å². The number of nitrogens with one attached hydrogen (secondary N) is 2. The van der Waals surface area contributed by atoms with E-state index in [1.165, 1.54) is 6.21 Å². The van der Waals surface area contributed by atoms with Crippen LogP contribution in [-0.4, -0.2) is 21.3 Å². The molecule has 0 atom stereocenters. The number of thiocarbonyl (C=S) groups is 1. The highest BCUT2D eigenvalue weighted by atomic mass is 32.1. The summed E-state index contributed by atoms with van der Waals surface area (Å²) in [6, 6.07) is 7.24. The first-order valence-corrected chi connectivity index (χ1v) is 5.15. The van der Waals surface area contributed by atoms with Crippen molar-refractivity contribution in [3.05, 3.63) is 40.4 Å². The summed E-state index contributed by atoms with van der Waals surface area (Å²) in [7, 11) is 0. The van der Waals surface area contributed by atoms with E-state index in [0.29, 0.717) is 11.2 Å². The molecule has 1 aromatic carbocycles. The molecule has 0 aliphatic carbocycles. The van der Waals surface area contributed by atoms with Crippen LogP contribution in [0.15, 0.2) is 34.2 Å². The third kappa shape index (κ3) is 2.64. The third-order valence-electron chi connectivity index (χ3n) is 2.03. The highest BCUT2D eigenvalue weighted by Crippen LogP contribution is 2.10. The molecular weight excluding hydrogens is 238 g/mol. The van der Waals surface area contributed by atoms with Gasteiger partial charge in [-0.15, -0.1) is 0 Å². The van der Waals surface area contributed by atoms with Crippen molar-refractivity contribution < 1.29 is 0 Å². The first-order valence-electron chi connectivity index (χ1n) is 4.74. The van der Waals surface area contributed by atoms with Crippen molar-refractivity contribution in [2.45, 2.75) is 0 Å². The molecule has 6 nitrogen and oxygen atoms in total. The van der Waals surface area contributed by atoms with Crippen LogP contribution in [0.3, 0.4) is 0 Å². The Hall–Kier alpha value is -2.28. The Balaban J connectivity index is 2.49. The number of nitrogens with zero attached hydrogens (tertiary/aromatic N) is 2. The van der Waals surface area contributed by atoms with Gasteiger partial charge in [0.05, 0.1) is 17.4 Å². The van der Waals surface area contributed by atoms with E-state index in [-0.39, 0.29) is 5.11 Å². The van der Waals surface area contributed by atoms with Crippen molar-refractivity contribution in [3.63, 3.8) is 0 Å². The number of aromatic amines is 1. The van der Waals surface area contributed by atoms with Gasteiger partial charge in [0.1, 0.15) is 0 Å². The molecule has 0 aliphatic rings. The molecule has 0 saturated heterocycles. The van der Waals surface area contributed by atoms with E-state index in [4.69, 9.17) is 5.73 Å². The maximum absolute atomic E-state index is 11.3. The van der Waals surface area contributed by atoms with Crippen molar-refractivity contribution in [3.8, 4) is 0 Å². The predicted octanol–water partition coefficient (Wildman–Crippen LogP) is 0.0902. The molecule has 2 rings (SSSR count). The summed E-state index contributed by atoms with van der Waals surface area (Å²) < 4.78 is 0. The molecule has 1 aromatic heterocycles. The summed E-state index contributed by atoms with van der Waals surface area (Å²) in [6.07, 6.45) is 1.44. The zero-order chi connectivity index (χ0) is 12.3. The molecule has 17 heavy (non-hydrogen) atoms. The van der Waals surface area contributed by atoms with Crippen molar-refractivity contribution in [2.24, 2.45) is 10.8 Å². The zero-order valence-corrected chi connectivity index (χ0v) is 9.49. The summed E-state index contributed by atoms with van der Waals surface area (Å²) in [5.74, 6) is 0. The second kappa shape index (κ2) is 4.71. The van der Waals surface area contributed by atoms with Crippen LogP contribution in [0.5, 0.6) is 0 Å². The van der Waals surface area contributed by atoms with Gasteiger partial charge in [-0.3, -0.25) is 5.43 Å². The van der Waals surface area contributed by atoms with Crippen molar-refractivity contribution >= 4 is 34.4 Å². The molecule has 0 aliphatic heterocycles. The van der Waals surface area contributed by atoms with Crippen molar-refractivity contribution in [2.75, 3.05) is 0 Å².